The van der Waals surface area contributed by atoms with Gasteiger partial charge in [-0.2, -0.15) is 4.31 Å². The molecule has 134 valence electrons. The molecule has 24 heavy (non-hydrogen) atoms. The molecule has 0 spiro atoms. The third kappa shape index (κ3) is 4.06. The van der Waals surface area contributed by atoms with Crippen molar-refractivity contribution in [3.8, 4) is 5.75 Å². The Balaban J connectivity index is 2.32. The van der Waals surface area contributed by atoms with Crippen LogP contribution in [0.2, 0.25) is 0 Å². The number of carbonyl (C=O) groups excluding carboxylic acids is 1. The Morgan fingerprint density at radius 3 is 2.54 bits per heavy atom. The maximum atomic E-state index is 12.8. The van der Waals surface area contributed by atoms with E-state index in [1.165, 1.54) is 23.5 Å². The first kappa shape index (κ1) is 18.7. The van der Waals surface area contributed by atoms with Gasteiger partial charge in [0.05, 0.1) is 13.7 Å². The van der Waals surface area contributed by atoms with Crippen LogP contribution in [0.25, 0.3) is 0 Å². The molecule has 7 nitrogen and oxygen atoms in total. The van der Waals surface area contributed by atoms with Crippen LogP contribution in [0.4, 0.5) is 0 Å². The van der Waals surface area contributed by atoms with Crippen LogP contribution >= 0.6 is 0 Å². The Bertz CT molecular complexity index is 684. The van der Waals surface area contributed by atoms with Gasteiger partial charge in [0.2, 0.25) is 10.0 Å². The highest BCUT2D eigenvalue weighted by molar-refractivity contribution is 7.89. The van der Waals surface area contributed by atoms with Gasteiger partial charge >= 0.3 is 0 Å². The maximum absolute atomic E-state index is 12.8. The molecule has 0 bridgehead atoms. The van der Waals surface area contributed by atoms with Gasteiger partial charge in [0.25, 0.3) is 5.91 Å². The summed E-state index contributed by atoms with van der Waals surface area (Å²) in [6.07, 6.45) is 1.69. The van der Waals surface area contributed by atoms with E-state index in [2.05, 4.69) is 5.32 Å². The SMILES string of the molecule is COC[C@H](C)NC(=O)c1ccc(OC)c(S(=O)(=O)N2CCCC2)c1. The minimum Gasteiger partial charge on any atom is -0.495 e. The van der Waals surface area contributed by atoms with E-state index in [0.717, 1.165) is 12.8 Å². The molecule has 1 saturated heterocycles. The number of ether oxygens (including phenoxy) is 2. The molecule has 1 amide bonds. The van der Waals surface area contributed by atoms with E-state index in [-0.39, 0.29) is 28.2 Å². The van der Waals surface area contributed by atoms with Gasteiger partial charge in [-0.1, -0.05) is 0 Å². The Hall–Kier alpha value is -1.64. The lowest BCUT2D eigenvalue weighted by molar-refractivity contribution is 0.0905. The quantitative estimate of drug-likeness (QED) is 0.795. The van der Waals surface area contributed by atoms with Gasteiger partial charge in [-0.05, 0) is 38.0 Å². The lowest BCUT2D eigenvalue weighted by atomic mass is 10.2. The van der Waals surface area contributed by atoms with E-state index in [1.54, 1.807) is 13.2 Å². The van der Waals surface area contributed by atoms with Crippen LogP contribution in [0.3, 0.4) is 0 Å². The van der Waals surface area contributed by atoms with Crippen molar-refractivity contribution in [1.29, 1.82) is 0 Å². The molecule has 1 fully saturated rings. The largest absolute Gasteiger partial charge is 0.495 e. The number of methoxy groups -OCH3 is 2. The summed E-state index contributed by atoms with van der Waals surface area (Å²) in [5, 5.41) is 2.77. The minimum atomic E-state index is -3.67. The zero-order valence-electron chi connectivity index (χ0n) is 14.2. The van der Waals surface area contributed by atoms with Crippen LogP contribution in [0.15, 0.2) is 23.1 Å². The molecule has 1 aromatic rings. The second-order valence-corrected chi connectivity index (χ2v) is 7.71. The fourth-order valence-electron chi connectivity index (χ4n) is 2.69. The molecule has 1 heterocycles. The first-order valence-electron chi connectivity index (χ1n) is 7.88. The van der Waals surface area contributed by atoms with Crippen molar-refractivity contribution in [2.75, 3.05) is 33.9 Å². The third-order valence-electron chi connectivity index (χ3n) is 3.90. The van der Waals surface area contributed by atoms with E-state index < -0.39 is 10.0 Å². The van der Waals surface area contributed by atoms with Crippen molar-refractivity contribution in [3.05, 3.63) is 23.8 Å². The summed E-state index contributed by atoms with van der Waals surface area (Å²) >= 11 is 0. The zero-order valence-corrected chi connectivity index (χ0v) is 15.1. The summed E-state index contributed by atoms with van der Waals surface area (Å²) in [6, 6.07) is 4.26. The smallest absolute Gasteiger partial charge is 0.251 e. The van der Waals surface area contributed by atoms with Crippen LogP contribution in [0, 0.1) is 0 Å². The second-order valence-electron chi connectivity index (χ2n) is 5.81. The van der Waals surface area contributed by atoms with E-state index in [9.17, 15) is 13.2 Å². The number of nitrogens with one attached hydrogen (secondary N) is 1. The van der Waals surface area contributed by atoms with Crippen molar-refractivity contribution in [2.45, 2.75) is 30.7 Å². The van der Waals surface area contributed by atoms with Gasteiger partial charge in [0.1, 0.15) is 10.6 Å². The van der Waals surface area contributed by atoms with Gasteiger partial charge in [-0.3, -0.25) is 4.79 Å². The highest BCUT2D eigenvalue weighted by Gasteiger charge is 2.30. The standard InChI is InChI=1S/C16H24N2O5S/c1-12(11-22-2)17-16(19)13-6-7-14(23-3)15(10-13)24(20,21)18-8-4-5-9-18/h6-7,10,12H,4-5,8-9,11H2,1-3H3,(H,17,19)/t12-/m0/s1. The van der Waals surface area contributed by atoms with E-state index in [0.29, 0.717) is 19.7 Å². The molecule has 8 heteroatoms. The molecule has 0 saturated carbocycles. The molecule has 1 N–H and O–H groups in total. The second kappa shape index (κ2) is 7.96. The molecule has 1 aliphatic heterocycles. The summed E-state index contributed by atoms with van der Waals surface area (Å²) in [6.45, 7) is 3.17. The number of carbonyl (C=O) groups is 1. The topological polar surface area (TPSA) is 84.9 Å². The Kier molecular flexibility index (Phi) is 6.20. The molecule has 0 radical (unpaired) electrons. The molecular formula is C16H24N2O5S. The number of nitrogens with zero attached hydrogens (tertiary/aromatic N) is 1. The number of rotatable bonds is 7. The monoisotopic (exact) mass is 356 g/mol. The summed E-state index contributed by atoms with van der Waals surface area (Å²) in [7, 11) is -0.705. The van der Waals surface area contributed by atoms with E-state index in [4.69, 9.17) is 9.47 Å². The number of sulfonamides is 1. The van der Waals surface area contributed by atoms with Crippen molar-refractivity contribution in [1.82, 2.24) is 9.62 Å². The average Bonchev–Trinajstić information content (AvgIpc) is 3.09. The minimum absolute atomic E-state index is 0.0268. The first-order chi connectivity index (χ1) is 11.4. The molecule has 2 rings (SSSR count). The van der Waals surface area contributed by atoms with Gasteiger partial charge in [0, 0.05) is 31.8 Å². The Morgan fingerprint density at radius 2 is 1.96 bits per heavy atom. The molecule has 0 aliphatic carbocycles. The van der Waals surface area contributed by atoms with E-state index in [1.807, 2.05) is 6.92 Å². The van der Waals surface area contributed by atoms with Crippen LogP contribution in [-0.4, -0.2) is 58.6 Å². The van der Waals surface area contributed by atoms with Crippen LogP contribution < -0.4 is 10.1 Å². The third-order valence-corrected chi connectivity index (χ3v) is 5.82. The van der Waals surface area contributed by atoms with Crippen LogP contribution in [-0.2, 0) is 14.8 Å². The molecule has 0 unspecified atom stereocenters. The lowest BCUT2D eigenvalue weighted by Crippen LogP contribution is -2.35. The molecule has 0 aromatic heterocycles. The van der Waals surface area contributed by atoms with Gasteiger partial charge in [-0.15, -0.1) is 0 Å². The number of benzene rings is 1. The number of amides is 1. The summed E-state index contributed by atoms with van der Waals surface area (Å²) < 4.78 is 37.2. The average molecular weight is 356 g/mol. The Labute approximate surface area is 143 Å². The van der Waals surface area contributed by atoms with Crippen LogP contribution in [0.1, 0.15) is 30.1 Å². The fraction of sp³-hybridized carbons (Fsp3) is 0.562. The van der Waals surface area contributed by atoms with E-state index >= 15 is 0 Å². The van der Waals surface area contributed by atoms with Gasteiger partial charge in [0.15, 0.2) is 0 Å². The van der Waals surface area contributed by atoms with Crippen molar-refractivity contribution >= 4 is 15.9 Å². The van der Waals surface area contributed by atoms with Crippen molar-refractivity contribution in [3.63, 3.8) is 0 Å². The first-order valence-corrected chi connectivity index (χ1v) is 9.32. The highest BCUT2D eigenvalue weighted by atomic mass is 32.2. The van der Waals surface area contributed by atoms with Gasteiger partial charge in [-0.25, -0.2) is 8.42 Å². The normalized spacial score (nSPS) is 16.8. The highest BCUT2D eigenvalue weighted by Crippen LogP contribution is 2.29. The fourth-order valence-corrected chi connectivity index (χ4v) is 4.38. The molecule has 1 atom stereocenters. The van der Waals surface area contributed by atoms with Gasteiger partial charge < -0.3 is 14.8 Å². The lowest BCUT2D eigenvalue weighted by Gasteiger charge is -2.19. The van der Waals surface area contributed by atoms with Crippen LogP contribution in [0.5, 0.6) is 5.75 Å². The zero-order chi connectivity index (χ0) is 17.7. The number of hydrogen-bond acceptors (Lipinski definition) is 5. The molecular weight excluding hydrogens is 332 g/mol. The summed E-state index contributed by atoms with van der Waals surface area (Å²) in [5.41, 5.74) is 0.275. The number of hydrogen-bond donors (Lipinski definition) is 1. The summed E-state index contributed by atoms with van der Waals surface area (Å²) in [5.74, 6) is -0.108. The predicted molar refractivity (Wildman–Crippen MR) is 89.8 cm³/mol. The summed E-state index contributed by atoms with van der Waals surface area (Å²) in [4.78, 5) is 12.3. The van der Waals surface area contributed by atoms with Crippen molar-refractivity contribution in [2.24, 2.45) is 0 Å². The molecule has 1 aromatic carbocycles. The predicted octanol–water partition coefficient (Wildman–Crippen LogP) is 1.24. The maximum Gasteiger partial charge on any atom is 0.251 e. The van der Waals surface area contributed by atoms with Crippen molar-refractivity contribution < 1.29 is 22.7 Å². The Morgan fingerprint density at radius 1 is 1.29 bits per heavy atom. The molecule has 1 aliphatic rings.